The lowest BCUT2D eigenvalue weighted by Gasteiger charge is -2.22. The highest BCUT2D eigenvalue weighted by Gasteiger charge is 2.30. The van der Waals surface area contributed by atoms with E-state index in [4.69, 9.17) is 0 Å². The fourth-order valence-electron chi connectivity index (χ4n) is 2.37. The van der Waals surface area contributed by atoms with E-state index in [-0.39, 0.29) is 0 Å². The lowest BCUT2D eigenvalue weighted by molar-refractivity contribution is 0.780. The Labute approximate surface area is 121 Å². The van der Waals surface area contributed by atoms with Crippen molar-refractivity contribution in [3.8, 4) is 0 Å². The largest absolute Gasteiger partial charge is 0.351 e. The molecule has 4 nitrogen and oxygen atoms in total. The molecule has 0 saturated heterocycles. The zero-order valence-electron chi connectivity index (χ0n) is 11.4. The molecule has 5 heteroatoms. The van der Waals surface area contributed by atoms with Gasteiger partial charge in [-0.1, -0.05) is 29.8 Å². The highest BCUT2D eigenvalue weighted by atomic mass is 79.9. The Balaban J connectivity index is 2.06. The van der Waals surface area contributed by atoms with Crippen LogP contribution in [0.4, 0.5) is 5.82 Å². The third kappa shape index (κ3) is 2.48. The minimum Gasteiger partial charge on any atom is -0.351 e. The summed E-state index contributed by atoms with van der Waals surface area (Å²) >= 11 is 3.54. The van der Waals surface area contributed by atoms with E-state index in [1.165, 1.54) is 12.8 Å². The van der Waals surface area contributed by atoms with Gasteiger partial charge >= 0.3 is 0 Å². The van der Waals surface area contributed by atoms with Gasteiger partial charge in [-0.05, 0) is 24.8 Å². The fraction of sp³-hybridized carbons (Fsp3) is 0.571. The van der Waals surface area contributed by atoms with Crippen molar-refractivity contribution in [3.05, 3.63) is 24.2 Å². The number of hydrogen-bond donors (Lipinski definition) is 0. The quantitative estimate of drug-likeness (QED) is 0.792. The maximum Gasteiger partial charge on any atom is 0.154 e. The molecular formula is C14H19BrN4. The molecule has 0 amide bonds. The lowest BCUT2D eigenvalue weighted by atomic mass is 10.1. The van der Waals surface area contributed by atoms with Crippen LogP contribution in [0.15, 0.2) is 18.5 Å². The smallest absolute Gasteiger partial charge is 0.154 e. The molecule has 19 heavy (non-hydrogen) atoms. The summed E-state index contributed by atoms with van der Waals surface area (Å²) in [6.45, 7) is 5.34. The summed E-state index contributed by atoms with van der Waals surface area (Å²) in [6, 6.07) is 2.84. The van der Waals surface area contributed by atoms with Crippen molar-refractivity contribution >= 4 is 27.3 Å². The maximum absolute atomic E-state index is 4.63. The van der Waals surface area contributed by atoms with Crippen molar-refractivity contribution in [2.45, 2.75) is 38.6 Å². The van der Waals surface area contributed by atoms with Gasteiger partial charge in [0.2, 0.25) is 0 Å². The molecule has 0 aliphatic heterocycles. The van der Waals surface area contributed by atoms with E-state index in [0.29, 0.717) is 12.0 Å². The Morgan fingerprint density at radius 1 is 1.47 bits per heavy atom. The zero-order valence-corrected chi connectivity index (χ0v) is 13.0. The molecule has 2 heterocycles. The number of halogens is 1. The predicted octanol–water partition coefficient (Wildman–Crippen LogP) is 3.22. The first kappa shape index (κ1) is 12.9. The van der Waals surface area contributed by atoms with Crippen molar-refractivity contribution in [3.63, 3.8) is 0 Å². The van der Waals surface area contributed by atoms with Crippen LogP contribution in [0.3, 0.4) is 0 Å². The molecule has 102 valence electrons. The first-order chi connectivity index (χ1) is 9.20. The SMILES string of the molecule is CC(C)c1cc2c(N(CCBr)C3CC3)nccn2n1. The third-order valence-corrected chi connectivity index (χ3v) is 3.92. The second-order valence-corrected chi connectivity index (χ2v) is 6.21. The molecule has 2 aromatic heterocycles. The molecule has 1 aliphatic rings. The Morgan fingerprint density at radius 2 is 2.26 bits per heavy atom. The van der Waals surface area contributed by atoms with Gasteiger partial charge in [-0.2, -0.15) is 5.10 Å². The van der Waals surface area contributed by atoms with E-state index in [0.717, 1.165) is 28.9 Å². The fourth-order valence-corrected chi connectivity index (χ4v) is 2.75. The van der Waals surface area contributed by atoms with Gasteiger partial charge in [0.05, 0.1) is 5.69 Å². The monoisotopic (exact) mass is 322 g/mol. The van der Waals surface area contributed by atoms with Crippen molar-refractivity contribution in [2.75, 3.05) is 16.8 Å². The number of fused-ring (bicyclic) bond motifs is 1. The Morgan fingerprint density at radius 3 is 2.89 bits per heavy atom. The van der Waals surface area contributed by atoms with Crippen LogP contribution >= 0.6 is 15.9 Å². The second-order valence-electron chi connectivity index (χ2n) is 5.42. The predicted molar refractivity (Wildman–Crippen MR) is 81.2 cm³/mol. The summed E-state index contributed by atoms with van der Waals surface area (Å²) in [7, 11) is 0. The van der Waals surface area contributed by atoms with Crippen molar-refractivity contribution in [1.82, 2.24) is 14.6 Å². The lowest BCUT2D eigenvalue weighted by Crippen LogP contribution is -2.29. The molecule has 0 bridgehead atoms. The van der Waals surface area contributed by atoms with Gasteiger partial charge in [-0.25, -0.2) is 9.50 Å². The minimum atomic E-state index is 0.443. The molecule has 1 aliphatic carbocycles. The highest BCUT2D eigenvalue weighted by Crippen LogP contribution is 2.33. The summed E-state index contributed by atoms with van der Waals surface area (Å²) in [5.74, 6) is 1.52. The van der Waals surface area contributed by atoms with Gasteiger partial charge in [0, 0.05) is 30.3 Å². The van der Waals surface area contributed by atoms with Gasteiger partial charge in [0.25, 0.3) is 0 Å². The molecule has 3 rings (SSSR count). The van der Waals surface area contributed by atoms with Gasteiger partial charge < -0.3 is 4.90 Å². The summed E-state index contributed by atoms with van der Waals surface area (Å²) in [6.07, 6.45) is 6.34. The molecule has 0 atom stereocenters. The van der Waals surface area contributed by atoms with Crippen molar-refractivity contribution in [2.24, 2.45) is 0 Å². The van der Waals surface area contributed by atoms with Gasteiger partial charge in [0.1, 0.15) is 5.52 Å². The Bertz CT molecular complexity index is 574. The number of nitrogens with zero attached hydrogens (tertiary/aromatic N) is 4. The number of hydrogen-bond acceptors (Lipinski definition) is 3. The number of anilines is 1. The van der Waals surface area contributed by atoms with E-state index in [1.807, 2.05) is 16.9 Å². The van der Waals surface area contributed by atoms with E-state index in [2.05, 4.69) is 50.8 Å². The minimum absolute atomic E-state index is 0.443. The average molecular weight is 323 g/mol. The van der Waals surface area contributed by atoms with Crippen LogP contribution in [0.25, 0.3) is 5.52 Å². The van der Waals surface area contributed by atoms with Crippen molar-refractivity contribution < 1.29 is 0 Å². The Hall–Kier alpha value is -1.10. The zero-order chi connectivity index (χ0) is 13.4. The molecule has 0 spiro atoms. The van der Waals surface area contributed by atoms with E-state index in [1.54, 1.807) is 0 Å². The molecule has 1 saturated carbocycles. The topological polar surface area (TPSA) is 33.4 Å². The molecule has 0 radical (unpaired) electrons. The molecular weight excluding hydrogens is 304 g/mol. The van der Waals surface area contributed by atoms with Crippen LogP contribution in [0.1, 0.15) is 38.3 Å². The van der Waals surface area contributed by atoms with E-state index in [9.17, 15) is 0 Å². The first-order valence-electron chi connectivity index (χ1n) is 6.87. The van der Waals surface area contributed by atoms with Gasteiger partial charge in [-0.3, -0.25) is 0 Å². The normalized spacial score (nSPS) is 15.4. The maximum atomic E-state index is 4.63. The van der Waals surface area contributed by atoms with Crippen LogP contribution in [-0.2, 0) is 0 Å². The molecule has 1 fully saturated rings. The third-order valence-electron chi connectivity index (χ3n) is 3.57. The number of rotatable bonds is 5. The van der Waals surface area contributed by atoms with Crippen LogP contribution in [0.2, 0.25) is 0 Å². The number of alkyl halides is 1. The molecule has 0 aromatic carbocycles. The van der Waals surface area contributed by atoms with E-state index < -0.39 is 0 Å². The average Bonchev–Trinajstić information content (AvgIpc) is 3.13. The summed E-state index contributed by atoms with van der Waals surface area (Å²) in [5, 5.41) is 5.60. The summed E-state index contributed by atoms with van der Waals surface area (Å²) in [4.78, 5) is 7.02. The molecule has 0 unspecified atom stereocenters. The van der Waals surface area contributed by atoms with Gasteiger partial charge in [0.15, 0.2) is 5.82 Å². The standard InChI is InChI=1S/C14H19BrN4/c1-10(2)12-9-13-14(16-6-8-19(13)17-12)18(7-5-15)11-3-4-11/h6,8-11H,3-5,7H2,1-2H3. The molecule has 2 aromatic rings. The van der Waals surface area contributed by atoms with Gasteiger partial charge in [-0.15, -0.1) is 0 Å². The highest BCUT2D eigenvalue weighted by molar-refractivity contribution is 9.09. The van der Waals surface area contributed by atoms with E-state index >= 15 is 0 Å². The van der Waals surface area contributed by atoms with Crippen LogP contribution in [0.5, 0.6) is 0 Å². The van der Waals surface area contributed by atoms with Crippen LogP contribution < -0.4 is 4.90 Å². The van der Waals surface area contributed by atoms with Crippen LogP contribution in [0, 0.1) is 0 Å². The van der Waals surface area contributed by atoms with Crippen molar-refractivity contribution in [1.29, 1.82) is 0 Å². The summed E-state index contributed by atoms with van der Waals surface area (Å²) < 4.78 is 1.96. The molecule has 0 N–H and O–H groups in total. The Kier molecular flexibility index (Phi) is 3.48. The first-order valence-corrected chi connectivity index (χ1v) is 7.99. The summed E-state index contributed by atoms with van der Waals surface area (Å²) in [5.41, 5.74) is 2.25. The van der Waals surface area contributed by atoms with Crippen LogP contribution in [-0.4, -0.2) is 32.5 Å². The second kappa shape index (κ2) is 5.12. The number of aromatic nitrogens is 3.